The molecule has 0 saturated heterocycles. The molecule has 0 spiro atoms. The summed E-state index contributed by atoms with van der Waals surface area (Å²) in [4.78, 5) is 3.85. The number of aliphatic hydroxyl groups is 1. The van der Waals surface area contributed by atoms with Gasteiger partial charge in [-0.15, -0.1) is 0 Å². The van der Waals surface area contributed by atoms with E-state index in [0.717, 1.165) is 5.57 Å². The van der Waals surface area contributed by atoms with E-state index in [1.807, 2.05) is 6.92 Å². The molecule has 8 heavy (non-hydrogen) atoms. The number of hydrogen-bond donors (Lipinski definition) is 2. The molecule has 3 heteroatoms. The van der Waals surface area contributed by atoms with Crippen LogP contribution >= 0.6 is 0 Å². The van der Waals surface area contributed by atoms with Gasteiger partial charge in [-0.05, 0) is 6.92 Å². The van der Waals surface area contributed by atoms with Crippen molar-refractivity contribution >= 4 is 6.34 Å². The first-order valence-corrected chi connectivity index (χ1v) is 2.44. The van der Waals surface area contributed by atoms with E-state index < -0.39 is 0 Å². The quantitative estimate of drug-likeness (QED) is 0.476. The van der Waals surface area contributed by atoms with Gasteiger partial charge >= 0.3 is 0 Å². The summed E-state index contributed by atoms with van der Waals surface area (Å²) in [5.74, 6) is 0.236. The van der Waals surface area contributed by atoms with E-state index in [-0.39, 0.29) is 5.88 Å². The summed E-state index contributed by atoms with van der Waals surface area (Å²) >= 11 is 0. The molecular formula is C5H8N2O. The van der Waals surface area contributed by atoms with Crippen molar-refractivity contribution in [2.24, 2.45) is 4.99 Å². The standard InChI is InChI=1S/C5H8N2O/c1-4-2-6-3-7-5(4)8/h3,8H,2H2,1H3,(H,6,7). The first-order chi connectivity index (χ1) is 3.80. The maximum Gasteiger partial charge on any atom is 0.190 e. The Hall–Kier alpha value is -0.990. The fraction of sp³-hybridized carbons (Fsp3) is 0.400. The lowest BCUT2D eigenvalue weighted by Crippen LogP contribution is -2.17. The summed E-state index contributed by atoms with van der Waals surface area (Å²) in [6.07, 6.45) is 1.49. The molecule has 1 aliphatic rings. The molecule has 0 fully saturated rings. The van der Waals surface area contributed by atoms with Crippen molar-refractivity contribution in [3.05, 3.63) is 11.5 Å². The summed E-state index contributed by atoms with van der Waals surface area (Å²) in [7, 11) is 0. The first-order valence-electron chi connectivity index (χ1n) is 2.44. The summed E-state index contributed by atoms with van der Waals surface area (Å²) in [5, 5.41) is 11.4. The van der Waals surface area contributed by atoms with Crippen LogP contribution in [0.25, 0.3) is 0 Å². The third kappa shape index (κ3) is 0.804. The molecule has 1 rings (SSSR count). The zero-order chi connectivity index (χ0) is 5.98. The van der Waals surface area contributed by atoms with Crippen molar-refractivity contribution in [3.63, 3.8) is 0 Å². The van der Waals surface area contributed by atoms with Gasteiger partial charge in [0.05, 0.1) is 12.9 Å². The van der Waals surface area contributed by atoms with E-state index in [1.165, 1.54) is 6.34 Å². The predicted octanol–water partition coefficient (Wildman–Crippen LogP) is 0.407. The molecule has 3 nitrogen and oxygen atoms in total. The van der Waals surface area contributed by atoms with Crippen LogP contribution in [-0.4, -0.2) is 18.0 Å². The molecule has 0 aliphatic carbocycles. The Morgan fingerprint density at radius 2 is 2.62 bits per heavy atom. The number of nitrogens with one attached hydrogen (secondary N) is 1. The Labute approximate surface area is 47.7 Å². The molecule has 0 aromatic heterocycles. The molecule has 0 atom stereocenters. The second-order valence-corrected chi connectivity index (χ2v) is 1.74. The van der Waals surface area contributed by atoms with Crippen LogP contribution in [0.3, 0.4) is 0 Å². The monoisotopic (exact) mass is 112 g/mol. The molecule has 0 radical (unpaired) electrons. The van der Waals surface area contributed by atoms with Crippen molar-refractivity contribution < 1.29 is 5.11 Å². The number of rotatable bonds is 0. The van der Waals surface area contributed by atoms with Gasteiger partial charge in [0.15, 0.2) is 5.88 Å². The molecular weight excluding hydrogens is 104 g/mol. The molecule has 0 bridgehead atoms. The minimum absolute atomic E-state index is 0.236. The smallest absolute Gasteiger partial charge is 0.190 e. The Kier molecular flexibility index (Phi) is 1.20. The third-order valence-corrected chi connectivity index (χ3v) is 1.03. The van der Waals surface area contributed by atoms with Crippen LogP contribution in [0.4, 0.5) is 0 Å². The molecule has 1 heterocycles. The van der Waals surface area contributed by atoms with Crippen LogP contribution in [0.15, 0.2) is 16.4 Å². The maximum atomic E-state index is 8.85. The zero-order valence-corrected chi connectivity index (χ0v) is 4.68. The van der Waals surface area contributed by atoms with Crippen LogP contribution in [0, 0.1) is 0 Å². The van der Waals surface area contributed by atoms with E-state index in [0.29, 0.717) is 6.54 Å². The highest BCUT2D eigenvalue weighted by Gasteiger charge is 1.99. The van der Waals surface area contributed by atoms with E-state index in [9.17, 15) is 0 Å². The largest absolute Gasteiger partial charge is 0.495 e. The lowest BCUT2D eigenvalue weighted by Gasteiger charge is -2.06. The summed E-state index contributed by atoms with van der Waals surface area (Å²) in [5.41, 5.74) is 0.882. The van der Waals surface area contributed by atoms with E-state index in [1.54, 1.807) is 0 Å². The van der Waals surface area contributed by atoms with Gasteiger partial charge in [-0.1, -0.05) is 0 Å². The van der Waals surface area contributed by atoms with Crippen molar-refractivity contribution in [1.29, 1.82) is 0 Å². The second-order valence-electron chi connectivity index (χ2n) is 1.74. The lowest BCUT2D eigenvalue weighted by molar-refractivity contribution is 0.378. The molecule has 0 aromatic carbocycles. The fourth-order valence-corrected chi connectivity index (χ4v) is 0.487. The Balaban J connectivity index is 2.67. The number of aliphatic imine (C=N–C) groups is 1. The van der Waals surface area contributed by atoms with Crippen LogP contribution in [0.5, 0.6) is 0 Å². The van der Waals surface area contributed by atoms with Crippen molar-refractivity contribution in [2.75, 3.05) is 6.54 Å². The van der Waals surface area contributed by atoms with Crippen LogP contribution < -0.4 is 5.32 Å². The van der Waals surface area contributed by atoms with Gasteiger partial charge in [0, 0.05) is 5.57 Å². The first kappa shape index (κ1) is 5.15. The maximum absolute atomic E-state index is 8.85. The molecule has 0 amide bonds. The van der Waals surface area contributed by atoms with Gasteiger partial charge in [-0.3, -0.25) is 4.99 Å². The lowest BCUT2D eigenvalue weighted by atomic mass is 10.3. The minimum Gasteiger partial charge on any atom is -0.495 e. The molecule has 2 N–H and O–H groups in total. The average Bonchev–Trinajstić information content (AvgIpc) is 1.77. The van der Waals surface area contributed by atoms with Gasteiger partial charge in [0.2, 0.25) is 0 Å². The molecule has 0 aromatic rings. The molecule has 1 aliphatic heterocycles. The highest BCUT2D eigenvalue weighted by atomic mass is 16.3. The Morgan fingerprint density at radius 3 is 3.00 bits per heavy atom. The zero-order valence-electron chi connectivity index (χ0n) is 4.68. The number of hydrogen-bond acceptors (Lipinski definition) is 3. The summed E-state index contributed by atoms with van der Waals surface area (Å²) in [6.45, 7) is 2.44. The fourth-order valence-electron chi connectivity index (χ4n) is 0.487. The molecule has 44 valence electrons. The summed E-state index contributed by atoms with van der Waals surface area (Å²) in [6, 6.07) is 0. The van der Waals surface area contributed by atoms with Crippen LogP contribution in [0.2, 0.25) is 0 Å². The molecule has 0 saturated carbocycles. The van der Waals surface area contributed by atoms with Gasteiger partial charge < -0.3 is 10.4 Å². The SMILES string of the molecule is CC1=C(O)NC=NC1. The highest BCUT2D eigenvalue weighted by Crippen LogP contribution is 1.99. The van der Waals surface area contributed by atoms with E-state index in [4.69, 9.17) is 5.11 Å². The van der Waals surface area contributed by atoms with Gasteiger partial charge in [0.1, 0.15) is 0 Å². The number of nitrogens with zero attached hydrogens (tertiary/aromatic N) is 1. The highest BCUT2D eigenvalue weighted by molar-refractivity contribution is 5.58. The van der Waals surface area contributed by atoms with Crippen molar-refractivity contribution in [3.8, 4) is 0 Å². The van der Waals surface area contributed by atoms with Gasteiger partial charge in [-0.2, -0.15) is 0 Å². The van der Waals surface area contributed by atoms with E-state index >= 15 is 0 Å². The second kappa shape index (κ2) is 1.86. The third-order valence-electron chi connectivity index (χ3n) is 1.03. The topological polar surface area (TPSA) is 44.6 Å². The van der Waals surface area contributed by atoms with Crippen LogP contribution in [-0.2, 0) is 0 Å². The van der Waals surface area contributed by atoms with Gasteiger partial charge in [-0.25, -0.2) is 0 Å². The van der Waals surface area contributed by atoms with Gasteiger partial charge in [0.25, 0.3) is 0 Å². The predicted molar refractivity (Wildman–Crippen MR) is 31.8 cm³/mol. The Morgan fingerprint density at radius 1 is 1.88 bits per heavy atom. The van der Waals surface area contributed by atoms with Crippen molar-refractivity contribution in [1.82, 2.24) is 5.32 Å². The van der Waals surface area contributed by atoms with E-state index in [2.05, 4.69) is 10.3 Å². The molecule has 0 unspecified atom stereocenters. The summed E-state index contributed by atoms with van der Waals surface area (Å²) < 4.78 is 0. The minimum atomic E-state index is 0.236. The average molecular weight is 112 g/mol. The van der Waals surface area contributed by atoms with Crippen molar-refractivity contribution in [2.45, 2.75) is 6.92 Å². The Bertz CT molecular complexity index is 133. The van der Waals surface area contributed by atoms with Crippen LogP contribution in [0.1, 0.15) is 6.92 Å². The number of aliphatic hydroxyl groups excluding tert-OH is 1. The normalized spacial score (nSPS) is 18.6.